The molecule has 0 saturated heterocycles. The minimum absolute atomic E-state index is 0.782. The maximum absolute atomic E-state index is 2.36. The summed E-state index contributed by atoms with van der Waals surface area (Å²) >= 11 is 0. The summed E-state index contributed by atoms with van der Waals surface area (Å²) in [5.41, 5.74) is 1.45. The zero-order valence-corrected chi connectivity index (χ0v) is 7.78. The first-order valence-corrected chi connectivity index (χ1v) is 4.31. The van der Waals surface area contributed by atoms with Crippen LogP contribution in [0.2, 0.25) is 0 Å². The van der Waals surface area contributed by atoms with Gasteiger partial charge in [-0.25, -0.2) is 0 Å². The van der Waals surface area contributed by atoms with Crippen LogP contribution >= 0.6 is 0 Å². The Balaban J connectivity index is 3.43. The SMILES string of the molecule is CCCCC(C)C=C(C)C. The number of allylic oxidation sites excluding steroid dienone is 2. The van der Waals surface area contributed by atoms with E-state index in [0.717, 1.165) is 5.92 Å². The lowest BCUT2D eigenvalue weighted by Gasteiger charge is -2.04. The third-order valence-corrected chi connectivity index (χ3v) is 1.63. The maximum Gasteiger partial charge on any atom is -0.0259 e. The van der Waals surface area contributed by atoms with Gasteiger partial charge in [0.15, 0.2) is 0 Å². The lowest BCUT2D eigenvalue weighted by atomic mass is 10.0. The monoisotopic (exact) mass is 140 g/mol. The van der Waals surface area contributed by atoms with Crippen LogP contribution in [0.3, 0.4) is 0 Å². The fraction of sp³-hybridized carbons (Fsp3) is 0.800. The van der Waals surface area contributed by atoms with Gasteiger partial charge in [0.25, 0.3) is 0 Å². The molecular weight excluding hydrogens is 120 g/mol. The summed E-state index contributed by atoms with van der Waals surface area (Å²) in [6, 6.07) is 0. The van der Waals surface area contributed by atoms with Crippen LogP contribution in [0, 0.1) is 5.92 Å². The van der Waals surface area contributed by atoms with Crippen LogP contribution in [-0.2, 0) is 0 Å². The third-order valence-electron chi connectivity index (χ3n) is 1.63. The van der Waals surface area contributed by atoms with Crippen molar-refractivity contribution in [1.29, 1.82) is 0 Å². The van der Waals surface area contributed by atoms with E-state index < -0.39 is 0 Å². The van der Waals surface area contributed by atoms with Gasteiger partial charge in [0.2, 0.25) is 0 Å². The van der Waals surface area contributed by atoms with Crippen LogP contribution in [0.1, 0.15) is 47.0 Å². The second kappa shape index (κ2) is 5.52. The normalized spacial score (nSPS) is 12.8. The van der Waals surface area contributed by atoms with Crippen LogP contribution in [0.4, 0.5) is 0 Å². The van der Waals surface area contributed by atoms with E-state index in [1.54, 1.807) is 0 Å². The van der Waals surface area contributed by atoms with Crippen LogP contribution in [0.25, 0.3) is 0 Å². The van der Waals surface area contributed by atoms with Gasteiger partial charge in [-0.05, 0) is 26.2 Å². The van der Waals surface area contributed by atoms with Crippen molar-refractivity contribution in [2.75, 3.05) is 0 Å². The van der Waals surface area contributed by atoms with Gasteiger partial charge in [0, 0.05) is 0 Å². The Kier molecular flexibility index (Phi) is 5.38. The van der Waals surface area contributed by atoms with E-state index in [2.05, 4.69) is 33.8 Å². The number of rotatable bonds is 4. The number of hydrogen-bond acceptors (Lipinski definition) is 0. The molecule has 0 aliphatic carbocycles. The zero-order valence-electron chi connectivity index (χ0n) is 7.78. The molecule has 0 aromatic heterocycles. The Hall–Kier alpha value is -0.260. The fourth-order valence-electron chi connectivity index (χ4n) is 1.18. The van der Waals surface area contributed by atoms with E-state index in [1.807, 2.05) is 0 Å². The van der Waals surface area contributed by atoms with Gasteiger partial charge in [-0.2, -0.15) is 0 Å². The minimum Gasteiger partial charge on any atom is -0.0830 e. The predicted octanol–water partition coefficient (Wildman–Crippen LogP) is 3.78. The molecule has 0 spiro atoms. The average Bonchev–Trinajstić information content (AvgIpc) is 1.82. The van der Waals surface area contributed by atoms with Gasteiger partial charge < -0.3 is 0 Å². The summed E-state index contributed by atoms with van der Waals surface area (Å²) in [4.78, 5) is 0. The molecule has 0 amide bonds. The Labute approximate surface area is 65.3 Å². The lowest BCUT2D eigenvalue weighted by molar-refractivity contribution is 0.595. The summed E-state index contributed by atoms with van der Waals surface area (Å²) in [6.45, 7) is 8.88. The summed E-state index contributed by atoms with van der Waals surface area (Å²) in [5, 5.41) is 0. The first kappa shape index (κ1) is 9.74. The Bertz CT molecular complexity index is 96.6. The van der Waals surface area contributed by atoms with Gasteiger partial charge in [0.1, 0.15) is 0 Å². The molecule has 0 saturated carbocycles. The highest BCUT2D eigenvalue weighted by molar-refractivity contribution is 4.95. The van der Waals surface area contributed by atoms with E-state index in [4.69, 9.17) is 0 Å². The molecular formula is C10H20. The van der Waals surface area contributed by atoms with Crippen molar-refractivity contribution in [2.24, 2.45) is 5.92 Å². The van der Waals surface area contributed by atoms with Crippen LogP contribution in [-0.4, -0.2) is 0 Å². The Morgan fingerprint density at radius 3 is 2.40 bits per heavy atom. The molecule has 0 fully saturated rings. The predicted molar refractivity (Wildman–Crippen MR) is 48.1 cm³/mol. The molecule has 0 aromatic carbocycles. The highest BCUT2D eigenvalue weighted by Gasteiger charge is 1.94. The minimum atomic E-state index is 0.782. The standard InChI is InChI=1S/C10H20/c1-5-6-7-10(4)8-9(2)3/h8,10H,5-7H2,1-4H3. The molecule has 0 heterocycles. The van der Waals surface area contributed by atoms with E-state index in [1.165, 1.54) is 24.8 Å². The average molecular weight is 140 g/mol. The van der Waals surface area contributed by atoms with Gasteiger partial charge in [-0.1, -0.05) is 38.3 Å². The van der Waals surface area contributed by atoms with Crippen molar-refractivity contribution in [2.45, 2.75) is 47.0 Å². The zero-order chi connectivity index (χ0) is 7.98. The summed E-state index contributed by atoms with van der Waals surface area (Å²) in [6.07, 6.45) is 6.39. The van der Waals surface area contributed by atoms with Crippen molar-refractivity contribution in [3.05, 3.63) is 11.6 Å². The molecule has 0 bridgehead atoms. The quantitative estimate of drug-likeness (QED) is 0.521. The van der Waals surface area contributed by atoms with Gasteiger partial charge in [-0.3, -0.25) is 0 Å². The summed E-state index contributed by atoms with van der Waals surface area (Å²) < 4.78 is 0. The molecule has 60 valence electrons. The molecule has 0 rings (SSSR count). The highest BCUT2D eigenvalue weighted by Crippen LogP contribution is 2.10. The van der Waals surface area contributed by atoms with Gasteiger partial charge >= 0.3 is 0 Å². The molecule has 0 heteroatoms. The first-order valence-electron chi connectivity index (χ1n) is 4.31. The lowest BCUT2D eigenvalue weighted by Crippen LogP contribution is -1.89. The number of hydrogen-bond donors (Lipinski definition) is 0. The van der Waals surface area contributed by atoms with Crippen molar-refractivity contribution in [1.82, 2.24) is 0 Å². The number of unbranched alkanes of at least 4 members (excludes halogenated alkanes) is 1. The van der Waals surface area contributed by atoms with Crippen molar-refractivity contribution >= 4 is 0 Å². The molecule has 10 heavy (non-hydrogen) atoms. The summed E-state index contributed by atoms with van der Waals surface area (Å²) in [7, 11) is 0. The smallest absolute Gasteiger partial charge is 0.0259 e. The molecule has 0 aromatic rings. The van der Waals surface area contributed by atoms with Crippen LogP contribution in [0.15, 0.2) is 11.6 Å². The van der Waals surface area contributed by atoms with E-state index in [0.29, 0.717) is 0 Å². The molecule has 0 nitrogen and oxygen atoms in total. The molecule has 1 unspecified atom stereocenters. The third kappa shape index (κ3) is 5.87. The molecule has 0 radical (unpaired) electrons. The van der Waals surface area contributed by atoms with Crippen LogP contribution in [0.5, 0.6) is 0 Å². The molecule has 0 aliphatic heterocycles. The molecule has 0 aliphatic rings. The topological polar surface area (TPSA) is 0 Å². The van der Waals surface area contributed by atoms with Crippen LogP contribution < -0.4 is 0 Å². The fourth-order valence-corrected chi connectivity index (χ4v) is 1.18. The largest absolute Gasteiger partial charge is 0.0830 e. The van der Waals surface area contributed by atoms with Crippen molar-refractivity contribution in [3.8, 4) is 0 Å². The summed E-state index contributed by atoms with van der Waals surface area (Å²) in [5.74, 6) is 0.782. The van der Waals surface area contributed by atoms with Gasteiger partial charge in [-0.15, -0.1) is 0 Å². The highest BCUT2D eigenvalue weighted by atomic mass is 14.0. The van der Waals surface area contributed by atoms with Crippen molar-refractivity contribution in [3.63, 3.8) is 0 Å². The van der Waals surface area contributed by atoms with E-state index in [-0.39, 0.29) is 0 Å². The van der Waals surface area contributed by atoms with E-state index in [9.17, 15) is 0 Å². The first-order chi connectivity index (χ1) is 4.66. The second-order valence-electron chi connectivity index (χ2n) is 3.36. The van der Waals surface area contributed by atoms with Gasteiger partial charge in [0.05, 0.1) is 0 Å². The van der Waals surface area contributed by atoms with Crippen molar-refractivity contribution < 1.29 is 0 Å². The second-order valence-corrected chi connectivity index (χ2v) is 3.36. The Morgan fingerprint density at radius 2 is 2.00 bits per heavy atom. The Morgan fingerprint density at radius 1 is 1.40 bits per heavy atom. The molecule has 1 atom stereocenters. The van der Waals surface area contributed by atoms with E-state index >= 15 is 0 Å². The molecule has 0 N–H and O–H groups in total. The maximum atomic E-state index is 2.36.